The Morgan fingerprint density at radius 3 is 2.62 bits per heavy atom. The van der Waals surface area contributed by atoms with Gasteiger partial charge in [-0.15, -0.1) is 0 Å². The van der Waals surface area contributed by atoms with E-state index in [2.05, 4.69) is 5.32 Å². The SMILES string of the molecule is CC(=O)c1ccc(F)c(C=CCNC(=O)OCc2ccccc2)c1. The second-order valence-corrected chi connectivity index (χ2v) is 5.14. The minimum Gasteiger partial charge on any atom is -0.445 e. The average molecular weight is 327 g/mol. The van der Waals surface area contributed by atoms with Crippen molar-refractivity contribution in [3.63, 3.8) is 0 Å². The largest absolute Gasteiger partial charge is 0.445 e. The number of Topliss-reactive ketones (excluding diaryl/α,β-unsaturated/α-hetero) is 1. The van der Waals surface area contributed by atoms with Gasteiger partial charge in [0.05, 0.1) is 0 Å². The van der Waals surface area contributed by atoms with Gasteiger partial charge in [0.25, 0.3) is 0 Å². The molecule has 4 nitrogen and oxygen atoms in total. The summed E-state index contributed by atoms with van der Waals surface area (Å²) in [6.45, 7) is 1.80. The van der Waals surface area contributed by atoms with Crippen molar-refractivity contribution in [2.75, 3.05) is 6.54 Å². The van der Waals surface area contributed by atoms with Gasteiger partial charge in [-0.05, 0) is 30.7 Å². The summed E-state index contributed by atoms with van der Waals surface area (Å²) in [4.78, 5) is 22.8. The molecule has 5 heteroatoms. The first-order chi connectivity index (χ1) is 11.6. The first-order valence-corrected chi connectivity index (χ1v) is 7.48. The van der Waals surface area contributed by atoms with Crippen molar-refractivity contribution in [2.24, 2.45) is 0 Å². The minimum atomic E-state index is -0.554. The molecular formula is C19H18FNO3. The topological polar surface area (TPSA) is 55.4 Å². The van der Waals surface area contributed by atoms with Crippen molar-refractivity contribution in [1.29, 1.82) is 0 Å². The third-order valence-corrected chi connectivity index (χ3v) is 3.28. The van der Waals surface area contributed by atoms with Crippen LogP contribution < -0.4 is 5.32 Å². The number of hydrogen-bond donors (Lipinski definition) is 1. The fourth-order valence-electron chi connectivity index (χ4n) is 1.99. The van der Waals surface area contributed by atoms with Crippen LogP contribution in [0.4, 0.5) is 9.18 Å². The molecule has 2 rings (SSSR count). The zero-order chi connectivity index (χ0) is 17.4. The van der Waals surface area contributed by atoms with E-state index in [1.807, 2.05) is 30.3 Å². The highest BCUT2D eigenvalue weighted by Gasteiger charge is 2.04. The van der Waals surface area contributed by atoms with Crippen LogP contribution in [-0.4, -0.2) is 18.4 Å². The molecule has 0 aliphatic rings. The number of amides is 1. The molecule has 0 bridgehead atoms. The molecule has 0 fully saturated rings. The second-order valence-electron chi connectivity index (χ2n) is 5.14. The molecule has 0 unspecified atom stereocenters. The number of rotatable bonds is 6. The fraction of sp³-hybridized carbons (Fsp3) is 0.158. The highest BCUT2D eigenvalue weighted by molar-refractivity contribution is 5.94. The van der Waals surface area contributed by atoms with Crippen LogP contribution in [0.15, 0.2) is 54.6 Å². The molecule has 1 N–H and O–H groups in total. The van der Waals surface area contributed by atoms with Gasteiger partial charge in [0, 0.05) is 17.7 Å². The van der Waals surface area contributed by atoms with E-state index in [-0.39, 0.29) is 18.9 Å². The number of halogens is 1. The highest BCUT2D eigenvalue weighted by atomic mass is 19.1. The number of alkyl carbamates (subject to hydrolysis) is 1. The molecule has 2 aromatic rings. The van der Waals surface area contributed by atoms with E-state index < -0.39 is 11.9 Å². The van der Waals surface area contributed by atoms with Crippen LogP contribution in [0.5, 0.6) is 0 Å². The molecular weight excluding hydrogens is 309 g/mol. The van der Waals surface area contributed by atoms with Gasteiger partial charge in [0.2, 0.25) is 0 Å². The lowest BCUT2D eigenvalue weighted by Crippen LogP contribution is -2.24. The van der Waals surface area contributed by atoms with Crippen molar-refractivity contribution in [3.8, 4) is 0 Å². The summed E-state index contributed by atoms with van der Waals surface area (Å²) in [7, 11) is 0. The van der Waals surface area contributed by atoms with Crippen LogP contribution in [-0.2, 0) is 11.3 Å². The van der Waals surface area contributed by atoms with Crippen molar-refractivity contribution in [3.05, 3.63) is 77.1 Å². The number of ketones is 1. The van der Waals surface area contributed by atoms with Crippen LogP contribution >= 0.6 is 0 Å². The predicted molar refractivity (Wildman–Crippen MR) is 90.1 cm³/mol. The van der Waals surface area contributed by atoms with E-state index in [1.54, 1.807) is 6.08 Å². The van der Waals surface area contributed by atoms with Gasteiger partial charge in [-0.1, -0.05) is 42.5 Å². The summed E-state index contributed by atoms with van der Waals surface area (Å²) in [6.07, 6.45) is 2.55. The second kappa shape index (κ2) is 8.62. The Balaban J connectivity index is 1.81. The monoisotopic (exact) mass is 327 g/mol. The molecule has 0 aromatic heterocycles. The molecule has 1 amide bonds. The lowest BCUT2D eigenvalue weighted by Gasteiger charge is -2.05. The smallest absolute Gasteiger partial charge is 0.407 e. The van der Waals surface area contributed by atoms with Gasteiger partial charge in [-0.25, -0.2) is 9.18 Å². The number of nitrogens with one attached hydrogen (secondary N) is 1. The number of benzene rings is 2. The molecule has 0 saturated carbocycles. The van der Waals surface area contributed by atoms with Crippen LogP contribution in [0.3, 0.4) is 0 Å². The van der Waals surface area contributed by atoms with E-state index in [0.29, 0.717) is 11.1 Å². The van der Waals surface area contributed by atoms with Crippen LogP contribution in [0.2, 0.25) is 0 Å². The molecule has 0 spiro atoms. The Bertz CT molecular complexity index is 742. The Morgan fingerprint density at radius 1 is 1.17 bits per heavy atom. The zero-order valence-corrected chi connectivity index (χ0v) is 13.3. The van der Waals surface area contributed by atoms with Gasteiger partial charge in [0.15, 0.2) is 5.78 Å². The van der Waals surface area contributed by atoms with E-state index >= 15 is 0 Å². The minimum absolute atomic E-state index is 0.132. The zero-order valence-electron chi connectivity index (χ0n) is 13.3. The van der Waals surface area contributed by atoms with Gasteiger partial charge in [-0.3, -0.25) is 4.79 Å². The Labute approximate surface area is 140 Å². The number of carbonyl (C=O) groups is 2. The van der Waals surface area contributed by atoms with Gasteiger partial charge in [0.1, 0.15) is 12.4 Å². The normalized spacial score (nSPS) is 10.6. The van der Waals surface area contributed by atoms with Crippen molar-refractivity contribution in [2.45, 2.75) is 13.5 Å². The third kappa shape index (κ3) is 5.35. The summed E-state index contributed by atoms with van der Waals surface area (Å²) in [5, 5.41) is 2.54. The van der Waals surface area contributed by atoms with E-state index in [9.17, 15) is 14.0 Å². The molecule has 24 heavy (non-hydrogen) atoms. The molecule has 0 aliphatic carbocycles. The maximum atomic E-state index is 13.7. The van der Waals surface area contributed by atoms with Crippen molar-refractivity contribution >= 4 is 18.0 Å². The number of hydrogen-bond acceptors (Lipinski definition) is 3. The third-order valence-electron chi connectivity index (χ3n) is 3.28. The van der Waals surface area contributed by atoms with E-state index in [1.165, 1.54) is 31.2 Å². The summed E-state index contributed by atoms with van der Waals surface area (Å²) in [5.41, 5.74) is 1.62. The number of ether oxygens (including phenoxy) is 1. The summed E-state index contributed by atoms with van der Waals surface area (Å²) in [5.74, 6) is -0.560. The quantitative estimate of drug-likeness (QED) is 0.817. The standard InChI is InChI=1S/C19H18FNO3/c1-14(22)16-9-10-18(20)17(12-16)8-5-11-21-19(23)24-13-15-6-3-2-4-7-15/h2-10,12H,11,13H2,1H3,(H,21,23). The Morgan fingerprint density at radius 2 is 1.92 bits per heavy atom. The van der Waals surface area contributed by atoms with Gasteiger partial charge < -0.3 is 10.1 Å². The van der Waals surface area contributed by atoms with Crippen LogP contribution in [0.25, 0.3) is 6.08 Å². The molecule has 0 saturated heterocycles. The average Bonchev–Trinajstić information content (AvgIpc) is 2.59. The molecule has 0 heterocycles. The summed E-state index contributed by atoms with van der Waals surface area (Å²) in [6, 6.07) is 13.5. The fourth-order valence-corrected chi connectivity index (χ4v) is 1.99. The molecule has 0 atom stereocenters. The molecule has 0 radical (unpaired) electrons. The predicted octanol–water partition coefficient (Wildman–Crippen LogP) is 3.97. The maximum absolute atomic E-state index is 13.7. The summed E-state index contributed by atoms with van der Waals surface area (Å²) >= 11 is 0. The summed E-state index contributed by atoms with van der Waals surface area (Å²) < 4.78 is 18.7. The molecule has 124 valence electrons. The molecule has 0 aliphatic heterocycles. The first kappa shape index (κ1) is 17.4. The van der Waals surface area contributed by atoms with E-state index in [4.69, 9.17) is 4.74 Å². The van der Waals surface area contributed by atoms with Crippen LogP contribution in [0.1, 0.15) is 28.4 Å². The van der Waals surface area contributed by atoms with Gasteiger partial charge >= 0.3 is 6.09 Å². The maximum Gasteiger partial charge on any atom is 0.407 e. The van der Waals surface area contributed by atoms with E-state index in [0.717, 1.165) is 5.56 Å². The van der Waals surface area contributed by atoms with Crippen molar-refractivity contribution in [1.82, 2.24) is 5.32 Å². The van der Waals surface area contributed by atoms with Crippen LogP contribution in [0, 0.1) is 5.82 Å². The Kier molecular flexibility index (Phi) is 6.25. The van der Waals surface area contributed by atoms with Crippen molar-refractivity contribution < 1.29 is 18.7 Å². The lowest BCUT2D eigenvalue weighted by molar-refractivity contribution is 0.101. The first-order valence-electron chi connectivity index (χ1n) is 7.48. The lowest BCUT2D eigenvalue weighted by atomic mass is 10.1. The number of carbonyl (C=O) groups excluding carboxylic acids is 2. The highest BCUT2D eigenvalue weighted by Crippen LogP contribution is 2.12. The Hall–Kier alpha value is -2.95. The molecule has 2 aromatic carbocycles. The van der Waals surface area contributed by atoms with Gasteiger partial charge in [-0.2, -0.15) is 0 Å².